The van der Waals surface area contributed by atoms with Crippen LogP contribution in [0.3, 0.4) is 0 Å². The molecule has 2 atom stereocenters. The van der Waals surface area contributed by atoms with Crippen molar-refractivity contribution < 1.29 is 4.74 Å². The molecule has 0 heterocycles. The summed E-state index contributed by atoms with van der Waals surface area (Å²) in [5, 5.41) is 6.89. The van der Waals surface area contributed by atoms with Crippen molar-refractivity contribution in [3.8, 4) is 5.75 Å². The molecule has 0 saturated heterocycles. The fourth-order valence-corrected chi connectivity index (χ4v) is 2.60. The third-order valence-electron chi connectivity index (χ3n) is 3.99. The lowest BCUT2D eigenvalue weighted by Crippen LogP contribution is -2.40. The van der Waals surface area contributed by atoms with Crippen molar-refractivity contribution in [2.75, 3.05) is 20.7 Å². The van der Waals surface area contributed by atoms with E-state index in [-0.39, 0.29) is 24.0 Å². The highest BCUT2D eigenvalue weighted by Crippen LogP contribution is 2.34. The number of nitrogens with zero attached hydrogens (tertiary/aromatic N) is 1. The smallest absolute Gasteiger partial charge is 0.191 e. The summed E-state index contributed by atoms with van der Waals surface area (Å²) in [6.45, 7) is 3.13. The van der Waals surface area contributed by atoms with Crippen LogP contribution < -0.4 is 15.4 Å². The molecule has 0 bridgehead atoms. The van der Waals surface area contributed by atoms with Gasteiger partial charge in [0, 0.05) is 19.6 Å². The van der Waals surface area contributed by atoms with Crippen LogP contribution >= 0.6 is 24.0 Å². The summed E-state index contributed by atoms with van der Waals surface area (Å²) >= 11 is 0. The van der Waals surface area contributed by atoms with Crippen LogP contribution in [0.2, 0.25) is 0 Å². The lowest BCUT2D eigenvalue weighted by molar-refractivity contribution is 0.414. The number of methoxy groups -OCH3 is 1. The summed E-state index contributed by atoms with van der Waals surface area (Å²) in [7, 11) is 3.52. The Bertz CT molecular complexity index is 461. The van der Waals surface area contributed by atoms with Crippen molar-refractivity contribution in [1.29, 1.82) is 0 Å². The average molecular weight is 417 g/mol. The topological polar surface area (TPSA) is 45.7 Å². The third-order valence-corrected chi connectivity index (χ3v) is 3.99. The fourth-order valence-electron chi connectivity index (χ4n) is 2.60. The summed E-state index contributed by atoms with van der Waals surface area (Å²) in [5.74, 6) is 2.67. The Morgan fingerprint density at radius 1 is 1.32 bits per heavy atom. The van der Waals surface area contributed by atoms with Crippen molar-refractivity contribution >= 4 is 29.9 Å². The second-order valence-electron chi connectivity index (χ2n) is 5.63. The minimum Gasteiger partial charge on any atom is -0.497 e. The maximum Gasteiger partial charge on any atom is 0.191 e. The summed E-state index contributed by atoms with van der Waals surface area (Å²) in [4.78, 5) is 4.30. The van der Waals surface area contributed by atoms with Crippen molar-refractivity contribution in [1.82, 2.24) is 10.6 Å². The normalized spacial score (nSPS) is 20.0. The monoisotopic (exact) mass is 417 g/mol. The van der Waals surface area contributed by atoms with E-state index in [0.29, 0.717) is 6.04 Å². The molecule has 5 heteroatoms. The van der Waals surface area contributed by atoms with Gasteiger partial charge >= 0.3 is 0 Å². The number of rotatable bonds is 7. The van der Waals surface area contributed by atoms with Crippen molar-refractivity contribution in [2.45, 2.75) is 38.6 Å². The van der Waals surface area contributed by atoms with Crippen LogP contribution in [0.4, 0.5) is 0 Å². The zero-order chi connectivity index (χ0) is 15.1. The maximum absolute atomic E-state index is 5.17. The van der Waals surface area contributed by atoms with E-state index in [1.807, 2.05) is 19.2 Å². The number of benzene rings is 1. The first kappa shape index (κ1) is 19.1. The van der Waals surface area contributed by atoms with E-state index in [1.165, 1.54) is 24.8 Å². The molecule has 0 spiro atoms. The molecular formula is C17H28IN3O. The molecule has 2 rings (SSSR count). The first-order chi connectivity index (χ1) is 10.3. The molecule has 1 aromatic rings. The van der Waals surface area contributed by atoms with Crippen molar-refractivity contribution in [3.63, 3.8) is 0 Å². The third kappa shape index (κ3) is 6.02. The first-order valence-electron chi connectivity index (χ1n) is 7.87. The minimum absolute atomic E-state index is 0. The number of halogens is 1. The van der Waals surface area contributed by atoms with Crippen LogP contribution in [0.1, 0.15) is 31.7 Å². The molecule has 2 unspecified atom stereocenters. The average Bonchev–Trinajstić information content (AvgIpc) is 3.25. The maximum atomic E-state index is 5.17. The van der Waals surface area contributed by atoms with Gasteiger partial charge in [-0.05, 0) is 42.9 Å². The number of hydrogen-bond acceptors (Lipinski definition) is 2. The molecule has 22 heavy (non-hydrogen) atoms. The number of guanidine groups is 1. The van der Waals surface area contributed by atoms with Crippen LogP contribution in [-0.2, 0) is 6.42 Å². The van der Waals surface area contributed by atoms with Crippen LogP contribution in [0, 0.1) is 5.92 Å². The number of ether oxygens (including phenoxy) is 1. The van der Waals surface area contributed by atoms with Gasteiger partial charge < -0.3 is 15.4 Å². The van der Waals surface area contributed by atoms with E-state index < -0.39 is 0 Å². The minimum atomic E-state index is 0. The molecule has 2 N–H and O–H groups in total. The van der Waals surface area contributed by atoms with Gasteiger partial charge in [-0.3, -0.25) is 4.99 Å². The Morgan fingerprint density at radius 2 is 2.05 bits per heavy atom. The van der Waals surface area contributed by atoms with Gasteiger partial charge in [-0.25, -0.2) is 0 Å². The number of hydrogen-bond donors (Lipinski definition) is 2. The van der Waals surface area contributed by atoms with Crippen LogP contribution in [-0.4, -0.2) is 32.7 Å². The summed E-state index contributed by atoms with van der Waals surface area (Å²) < 4.78 is 5.17. The van der Waals surface area contributed by atoms with E-state index in [0.717, 1.165) is 30.6 Å². The van der Waals surface area contributed by atoms with E-state index in [1.54, 1.807) is 7.11 Å². The predicted molar refractivity (Wildman–Crippen MR) is 103 cm³/mol. The SMILES string of the molecule is CCCC1CC1NC(=NC)NCCc1ccc(OC)cc1.I. The van der Waals surface area contributed by atoms with Gasteiger partial charge in [-0.1, -0.05) is 25.5 Å². The van der Waals surface area contributed by atoms with Gasteiger partial charge in [0.1, 0.15) is 5.75 Å². The standard InChI is InChI=1S/C17H27N3O.HI/c1-4-5-14-12-16(14)20-17(18-2)19-11-10-13-6-8-15(21-3)9-7-13;/h6-9,14,16H,4-5,10-12H2,1-3H3,(H2,18,19,20);1H. The second-order valence-corrected chi connectivity index (χ2v) is 5.63. The molecule has 1 aliphatic rings. The predicted octanol–water partition coefficient (Wildman–Crippen LogP) is 3.21. The van der Waals surface area contributed by atoms with E-state index >= 15 is 0 Å². The number of nitrogens with one attached hydrogen (secondary N) is 2. The second kappa shape index (κ2) is 9.92. The Hall–Kier alpha value is -0.980. The van der Waals surface area contributed by atoms with Crippen molar-refractivity contribution in [2.24, 2.45) is 10.9 Å². The van der Waals surface area contributed by atoms with Gasteiger partial charge in [0.15, 0.2) is 5.96 Å². The van der Waals surface area contributed by atoms with E-state index in [4.69, 9.17) is 4.74 Å². The Labute approximate surface area is 151 Å². The highest BCUT2D eigenvalue weighted by atomic mass is 127. The molecule has 0 amide bonds. The molecule has 0 radical (unpaired) electrons. The van der Waals surface area contributed by atoms with Crippen LogP contribution in [0.25, 0.3) is 0 Å². The molecule has 1 aliphatic carbocycles. The zero-order valence-electron chi connectivity index (χ0n) is 13.8. The summed E-state index contributed by atoms with van der Waals surface area (Å²) in [6.07, 6.45) is 4.85. The molecule has 1 saturated carbocycles. The molecule has 0 aliphatic heterocycles. The van der Waals surface area contributed by atoms with Gasteiger partial charge in [-0.15, -0.1) is 24.0 Å². The van der Waals surface area contributed by atoms with E-state index in [2.05, 4.69) is 34.7 Å². The first-order valence-corrected chi connectivity index (χ1v) is 7.87. The molecule has 0 aromatic heterocycles. The Kier molecular flexibility index (Phi) is 8.60. The summed E-state index contributed by atoms with van der Waals surface area (Å²) in [5.41, 5.74) is 1.30. The molecule has 1 aromatic carbocycles. The zero-order valence-corrected chi connectivity index (χ0v) is 16.1. The van der Waals surface area contributed by atoms with Gasteiger partial charge in [0.05, 0.1) is 7.11 Å². The van der Waals surface area contributed by atoms with Crippen molar-refractivity contribution in [3.05, 3.63) is 29.8 Å². The molecule has 4 nitrogen and oxygen atoms in total. The Morgan fingerprint density at radius 3 is 2.64 bits per heavy atom. The molecule has 124 valence electrons. The lowest BCUT2D eigenvalue weighted by Gasteiger charge is -2.12. The molecular weight excluding hydrogens is 389 g/mol. The fraction of sp³-hybridized carbons (Fsp3) is 0.588. The highest BCUT2D eigenvalue weighted by molar-refractivity contribution is 14.0. The largest absolute Gasteiger partial charge is 0.497 e. The van der Waals surface area contributed by atoms with Crippen LogP contribution in [0.5, 0.6) is 5.75 Å². The van der Waals surface area contributed by atoms with Gasteiger partial charge in [0.25, 0.3) is 0 Å². The van der Waals surface area contributed by atoms with E-state index in [9.17, 15) is 0 Å². The Balaban J connectivity index is 0.00000242. The van der Waals surface area contributed by atoms with Gasteiger partial charge in [0.2, 0.25) is 0 Å². The summed E-state index contributed by atoms with van der Waals surface area (Å²) in [6, 6.07) is 8.84. The lowest BCUT2D eigenvalue weighted by atomic mass is 10.1. The highest BCUT2D eigenvalue weighted by Gasteiger charge is 2.36. The van der Waals surface area contributed by atoms with Crippen LogP contribution in [0.15, 0.2) is 29.3 Å². The van der Waals surface area contributed by atoms with Gasteiger partial charge in [-0.2, -0.15) is 0 Å². The molecule has 1 fully saturated rings. The number of aliphatic imine (C=N–C) groups is 1. The quantitative estimate of drug-likeness (QED) is 0.407.